The monoisotopic (exact) mass is 203 g/mol. The van der Waals surface area contributed by atoms with Gasteiger partial charge in [-0.05, 0) is 24.3 Å². The Balaban J connectivity index is 0.000000531. The van der Waals surface area contributed by atoms with Crippen molar-refractivity contribution in [2.45, 2.75) is 0 Å². The van der Waals surface area contributed by atoms with Gasteiger partial charge in [0.2, 0.25) is 0 Å². The summed E-state index contributed by atoms with van der Waals surface area (Å²) in [5, 5.41) is 7.00. The summed E-state index contributed by atoms with van der Waals surface area (Å²) in [5.74, 6) is 0.00519. The third kappa shape index (κ3) is 2.79. The van der Waals surface area contributed by atoms with E-state index in [-0.39, 0.29) is 5.91 Å². The Morgan fingerprint density at radius 1 is 1.00 bits per heavy atom. The minimum Gasteiger partial charge on any atom is -0.400 e. The summed E-state index contributed by atoms with van der Waals surface area (Å²) in [4.78, 5) is 11.7. The normalized spacial score (nSPS) is 8.93. The smallest absolute Gasteiger partial charge is 0.261 e. The van der Waals surface area contributed by atoms with Gasteiger partial charge in [-0.25, -0.2) is 0 Å². The van der Waals surface area contributed by atoms with Crippen LogP contribution in [0.5, 0.6) is 0 Å². The molecule has 1 N–H and O–H groups in total. The molecular formula is C12H13NO2. The highest BCUT2D eigenvalue weighted by Gasteiger charge is 2.04. The van der Waals surface area contributed by atoms with Crippen LogP contribution >= 0.6 is 0 Å². The highest BCUT2D eigenvalue weighted by atomic mass is 16.2. The van der Waals surface area contributed by atoms with Gasteiger partial charge in [-0.15, -0.1) is 0 Å². The number of aromatic nitrogens is 1. The summed E-state index contributed by atoms with van der Waals surface area (Å²) in [7, 11) is 1.00. The molecule has 0 spiro atoms. The number of hydrogen-bond donors (Lipinski definition) is 1. The second-order valence-electron chi connectivity index (χ2n) is 2.76. The van der Waals surface area contributed by atoms with Crippen LogP contribution in [0.1, 0.15) is 10.4 Å². The molecule has 0 unspecified atom stereocenters. The number of hydrogen-bond acceptors (Lipinski definition) is 2. The molecule has 2 rings (SSSR count). The van der Waals surface area contributed by atoms with Crippen LogP contribution in [0.25, 0.3) is 0 Å². The van der Waals surface area contributed by atoms with E-state index in [1.54, 1.807) is 17.0 Å². The first-order chi connectivity index (χ1) is 7.38. The largest absolute Gasteiger partial charge is 0.400 e. The van der Waals surface area contributed by atoms with Gasteiger partial charge in [0.25, 0.3) is 5.91 Å². The first kappa shape index (κ1) is 11.2. The summed E-state index contributed by atoms with van der Waals surface area (Å²) in [5.41, 5.74) is 0.707. The Kier molecular flexibility index (Phi) is 4.31. The van der Waals surface area contributed by atoms with E-state index in [1.807, 2.05) is 42.5 Å². The SMILES string of the molecule is CO.O=C(c1ccccc1)n1cccc1. The van der Waals surface area contributed by atoms with Crippen molar-refractivity contribution < 1.29 is 9.90 Å². The van der Waals surface area contributed by atoms with Crippen LogP contribution in [-0.4, -0.2) is 22.7 Å². The Morgan fingerprint density at radius 3 is 2.07 bits per heavy atom. The van der Waals surface area contributed by atoms with Crippen molar-refractivity contribution in [2.75, 3.05) is 7.11 Å². The van der Waals surface area contributed by atoms with E-state index >= 15 is 0 Å². The molecule has 1 aromatic carbocycles. The summed E-state index contributed by atoms with van der Waals surface area (Å²) >= 11 is 0. The number of benzene rings is 1. The molecule has 0 radical (unpaired) electrons. The fourth-order valence-corrected chi connectivity index (χ4v) is 1.20. The number of rotatable bonds is 1. The lowest BCUT2D eigenvalue weighted by molar-refractivity contribution is 0.0960. The third-order valence-corrected chi connectivity index (χ3v) is 1.86. The van der Waals surface area contributed by atoms with Gasteiger partial charge in [0.1, 0.15) is 0 Å². The summed E-state index contributed by atoms with van der Waals surface area (Å²) < 4.78 is 1.56. The van der Waals surface area contributed by atoms with Gasteiger partial charge >= 0.3 is 0 Å². The number of carbonyl (C=O) groups excluding carboxylic acids is 1. The third-order valence-electron chi connectivity index (χ3n) is 1.86. The van der Waals surface area contributed by atoms with Crippen molar-refractivity contribution in [3.8, 4) is 0 Å². The lowest BCUT2D eigenvalue weighted by atomic mass is 10.2. The number of aliphatic hydroxyl groups excluding tert-OH is 1. The highest BCUT2D eigenvalue weighted by molar-refractivity contribution is 5.95. The van der Waals surface area contributed by atoms with Gasteiger partial charge in [0, 0.05) is 25.1 Å². The molecule has 0 fully saturated rings. The van der Waals surface area contributed by atoms with E-state index in [9.17, 15) is 4.79 Å². The molecule has 3 nitrogen and oxygen atoms in total. The van der Waals surface area contributed by atoms with Crippen molar-refractivity contribution in [1.82, 2.24) is 4.57 Å². The fourth-order valence-electron chi connectivity index (χ4n) is 1.20. The molecular weight excluding hydrogens is 190 g/mol. The molecule has 0 saturated heterocycles. The zero-order valence-corrected chi connectivity index (χ0v) is 8.50. The molecule has 1 aromatic heterocycles. The average Bonchev–Trinajstić information content (AvgIpc) is 2.85. The van der Waals surface area contributed by atoms with Crippen LogP contribution in [0.4, 0.5) is 0 Å². The molecule has 78 valence electrons. The second kappa shape index (κ2) is 5.78. The number of carbonyl (C=O) groups is 1. The molecule has 0 amide bonds. The molecule has 3 heteroatoms. The van der Waals surface area contributed by atoms with Crippen LogP contribution < -0.4 is 0 Å². The van der Waals surface area contributed by atoms with Crippen molar-refractivity contribution in [3.05, 3.63) is 60.4 Å². The Bertz CT molecular complexity index is 393. The summed E-state index contributed by atoms with van der Waals surface area (Å²) in [6.07, 6.45) is 3.49. The lowest BCUT2D eigenvalue weighted by Crippen LogP contribution is -2.08. The maximum atomic E-state index is 11.7. The molecule has 0 atom stereocenters. The minimum absolute atomic E-state index is 0.00519. The van der Waals surface area contributed by atoms with E-state index < -0.39 is 0 Å². The molecule has 0 bridgehead atoms. The summed E-state index contributed by atoms with van der Waals surface area (Å²) in [6.45, 7) is 0. The average molecular weight is 203 g/mol. The molecule has 0 aliphatic carbocycles. The quantitative estimate of drug-likeness (QED) is 0.767. The minimum atomic E-state index is 0.00519. The zero-order chi connectivity index (χ0) is 11.1. The van der Waals surface area contributed by atoms with Crippen LogP contribution in [-0.2, 0) is 0 Å². The molecule has 0 aliphatic heterocycles. The Labute approximate surface area is 88.6 Å². The van der Waals surface area contributed by atoms with Crippen LogP contribution in [0.15, 0.2) is 54.9 Å². The number of aliphatic hydroxyl groups is 1. The van der Waals surface area contributed by atoms with Crippen LogP contribution in [0, 0.1) is 0 Å². The highest BCUT2D eigenvalue weighted by Crippen LogP contribution is 2.02. The fraction of sp³-hybridized carbons (Fsp3) is 0.0833. The maximum absolute atomic E-state index is 11.7. The van der Waals surface area contributed by atoms with Crippen molar-refractivity contribution in [1.29, 1.82) is 0 Å². The van der Waals surface area contributed by atoms with E-state index in [0.717, 1.165) is 7.11 Å². The van der Waals surface area contributed by atoms with E-state index in [0.29, 0.717) is 5.56 Å². The molecule has 15 heavy (non-hydrogen) atoms. The van der Waals surface area contributed by atoms with Crippen LogP contribution in [0.2, 0.25) is 0 Å². The van der Waals surface area contributed by atoms with E-state index in [1.165, 1.54) is 0 Å². The van der Waals surface area contributed by atoms with Crippen LogP contribution in [0.3, 0.4) is 0 Å². The van der Waals surface area contributed by atoms with Gasteiger partial charge in [0.05, 0.1) is 0 Å². The molecule has 0 aliphatic rings. The topological polar surface area (TPSA) is 42.2 Å². The predicted molar refractivity (Wildman–Crippen MR) is 58.7 cm³/mol. The van der Waals surface area contributed by atoms with Gasteiger partial charge in [-0.1, -0.05) is 18.2 Å². The first-order valence-electron chi connectivity index (χ1n) is 4.55. The van der Waals surface area contributed by atoms with Gasteiger partial charge in [-0.3, -0.25) is 9.36 Å². The lowest BCUT2D eigenvalue weighted by Gasteiger charge is -1.99. The molecule has 0 saturated carbocycles. The first-order valence-corrected chi connectivity index (χ1v) is 4.55. The molecule has 1 heterocycles. The van der Waals surface area contributed by atoms with Crippen molar-refractivity contribution >= 4 is 5.91 Å². The maximum Gasteiger partial charge on any atom is 0.261 e. The van der Waals surface area contributed by atoms with E-state index in [2.05, 4.69) is 0 Å². The number of nitrogens with zero attached hydrogens (tertiary/aromatic N) is 1. The van der Waals surface area contributed by atoms with Gasteiger partial charge < -0.3 is 5.11 Å². The predicted octanol–water partition coefficient (Wildman–Crippen LogP) is 1.79. The Hall–Kier alpha value is -1.87. The summed E-state index contributed by atoms with van der Waals surface area (Å²) in [6, 6.07) is 12.9. The van der Waals surface area contributed by atoms with Gasteiger partial charge in [-0.2, -0.15) is 0 Å². The van der Waals surface area contributed by atoms with E-state index in [4.69, 9.17) is 5.11 Å². The Morgan fingerprint density at radius 2 is 1.53 bits per heavy atom. The van der Waals surface area contributed by atoms with Crippen molar-refractivity contribution in [2.24, 2.45) is 0 Å². The standard InChI is InChI=1S/C11H9NO.CH4O/c13-11(12-8-4-5-9-12)10-6-2-1-3-7-10;1-2/h1-9H;2H,1H3. The molecule has 2 aromatic rings. The van der Waals surface area contributed by atoms with Gasteiger partial charge in [0.15, 0.2) is 0 Å². The zero-order valence-electron chi connectivity index (χ0n) is 8.50. The second-order valence-corrected chi connectivity index (χ2v) is 2.76. The van der Waals surface area contributed by atoms with Crippen molar-refractivity contribution in [3.63, 3.8) is 0 Å².